The summed E-state index contributed by atoms with van der Waals surface area (Å²) in [5.74, 6) is -0.845. The maximum absolute atomic E-state index is 12.0. The minimum Gasteiger partial charge on any atom is -0.376 e. The Balaban J connectivity index is 2.80. The number of amides is 1. The summed E-state index contributed by atoms with van der Waals surface area (Å²) in [6.07, 6.45) is -4.48. The highest BCUT2D eigenvalue weighted by atomic mass is 32.2. The first-order valence-corrected chi connectivity index (χ1v) is 7.98. The van der Waals surface area contributed by atoms with Gasteiger partial charge in [-0.25, -0.2) is 12.7 Å². The number of sulfonamides is 1. The molecule has 0 spiro atoms. The second-order valence-electron chi connectivity index (χ2n) is 5.01. The first-order chi connectivity index (χ1) is 10.4. The van der Waals surface area contributed by atoms with Gasteiger partial charge in [-0.05, 0) is 24.6 Å². The molecular formula is C13H18F3N3O3S. The van der Waals surface area contributed by atoms with Crippen molar-refractivity contribution in [1.29, 1.82) is 0 Å². The molecule has 1 rings (SSSR count). The number of alkyl halides is 3. The number of rotatable bonds is 6. The molecule has 1 aromatic carbocycles. The van der Waals surface area contributed by atoms with Gasteiger partial charge in [0.15, 0.2) is 0 Å². The molecule has 1 aromatic rings. The molecule has 0 aliphatic carbocycles. The zero-order valence-electron chi connectivity index (χ0n) is 12.9. The average molecular weight is 353 g/mol. The molecule has 0 bridgehead atoms. The molecular weight excluding hydrogens is 335 g/mol. The number of hydrogen-bond donors (Lipinski definition) is 2. The van der Waals surface area contributed by atoms with Crippen molar-refractivity contribution in [2.75, 3.05) is 32.5 Å². The minimum absolute atomic E-state index is 0.0197. The SMILES string of the molecule is Cc1ccc(S(=O)(=O)N(C)C)cc1NCC(=O)NCC(F)(F)F. The quantitative estimate of drug-likeness (QED) is 0.809. The van der Waals surface area contributed by atoms with E-state index in [1.54, 1.807) is 18.3 Å². The number of anilines is 1. The lowest BCUT2D eigenvalue weighted by atomic mass is 10.2. The fourth-order valence-electron chi connectivity index (χ4n) is 1.60. The van der Waals surface area contributed by atoms with Crippen LogP contribution in [0.2, 0.25) is 0 Å². The number of carbonyl (C=O) groups excluding carboxylic acids is 1. The Labute approximate surface area is 132 Å². The summed E-state index contributed by atoms with van der Waals surface area (Å²) in [6.45, 7) is -0.133. The smallest absolute Gasteiger partial charge is 0.376 e. The van der Waals surface area contributed by atoms with E-state index in [-0.39, 0.29) is 4.90 Å². The Bertz CT molecular complexity index is 673. The average Bonchev–Trinajstić information content (AvgIpc) is 2.43. The molecule has 0 atom stereocenters. The van der Waals surface area contributed by atoms with Crippen molar-refractivity contribution in [2.45, 2.75) is 18.0 Å². The Morgan fingerprint density at radius 1 is 1.26 bits per heavy atom. The highest BCUT2D eigenvalue weighted by Crippen LogP contribution is 2.21. The van der Waals surface area contributed by atoms with E-state index >= 15 is 0 Å². The summed E-state index contributed by atoms with van der Waals surface area (Å²) in [4.78, 5) is 11.4. The van der Waals surface area contributed by atoms with Crippen LogP contribution in [0.1, 0.15) is 5.56 Å². The summed E-state index contributed by atoms with van der Waals surface area (Å²) < 4.78 is 61.1. The molecule has 0 aliphatic heterocycles. The maximum Gasteiger partial charge on any atom is 0.405 e. The molecule has 6 nitrogen and oxygen atoms in total. The third-order valence-corrected chi connectivity index (χ3v) is 4.72. The van der Waals surface area contributed by atoms with Crippen molar-refractivity contribution in [1.82, 2.24) is 9.62 Å². The molecule has 0 unspecified atom stereocenters. The Morgan fingerprint density at radius 3 is 2.39 bits per heavy atom. The number of nitrogens with one attached hydrogen (secondary N) is 2. The maximum atomic E-state index is 12.0. The van der Waals surface area contributed by atoms with Crippen molar-refractivity contribution >= 4 is 21.6 Å². The van der Waals surface area contributed by atoms with E-state index in [4.69, 9.17) is 0 Å². The largest absolute Gasteiger partial charge is 0.405 e. The number of hydrogen-bond acceptors (Lipinski definition) is 4. The number of halogens is 3. The number of nitrogens with zero attached hydrogens (tertiary/aromatic N) is 1. The molecule has 0 heterocycles. The fourth-order valence-corrected chi connectivity index (χ4v) is 2.53. The second-order valence-corrected chi connectivity index (χ2v) is 7.16. The molecule has 0 aliphatic rings. The number of aryl methyl sites for hydroxylation is 1. The zero-order chi connectivity index (χ0) is 17.8. The van der Waals surface area contributed by atoms with Crippen molar-refractivity contribution in [2.24, 2.45) is 0 Å². The highest BCUT2D eigenvalue weighted by Gasteiger charge is 2.27. The van der Waals surface area contributed by atoms with Crippen LogP contribution in [0.5, 0.6) is 0 Å². The van der Waals surface area contributed by atoms with Gasteiger partial charge in [0.2, 0.25) is 15.9 Å². The van der Waals surface area contributed by atoms with Crippen LogP contribution in [0.3, 0.4) is 0 Å². The molecule has 0 saturated heterocycles. The molecule has 1 amide bonds. The van der Waals surface area contributed by atoms with Crippen LogP contribution >= 0.6 is 0 Å². The van der Waals surface area contributed by atoms with E-state index in [2.05, 4.69) is 5.32 Å². The molecule has 23 heavy (non-hydrogen) atoms. The molecule has 10 heteroatoms. The van der Waals surface area contributed by atoms with Crippen molar-refractivity contribution in [3.63, 3.8) is 0 Å². The number of benzene rings is 1. The zero-order valence-corrected chi connectivity index (χ0v) is 13.7. The van der Waals surface area contributed by atoms with E-state index in [1.807, 2.05) is 0 Å². The lowest BCUT2D eigenvalue weighted by Crippen LogP contribution is -2.37. The molecule has 0 saturated carbocycles. The lowest BCUT2D eigenvalue weighted by molar-refractivity contribution is -0.137. The van der Waals surface area contributed by atoms with Gasteiger partial charge >= 0.3 is 6.18 Å². The van der Waals surface area contributed by atoms with Crippen molar-refractivity contribution < 1.29 is 26.4 Å². The van der Waals surface area contributed by atoms with Crippen LogP contribution in [-0.2, 0) is 14.8 Å². The molecule has 130 valence electrons. The summed E-state index contributed by atoms with van der Waals surface area (Å²) in [6, 6.07) is 4.30. The third kappa shape index (κ3) is 5.71. The van der Waals surface area contributed by atoms with E-state index in [0.29, 0.717) is 11.3 Å². The van der Waals surface area contributed by atoms with Crippen LogP contribution in [-0.4, -0.2) is 52.0 Å². The summed E-state index contributed by atoms with van der Waals surface area (Å²) in [5, 5.41) is 4.36. The van der Waals surface area contributed by atoms with Crippen LogP contribution in [0.25, 0.3) is 0 Å². The van der Waals surface area contributed by atoms with E-state index < -0.39 is 35.2 Å². The molecule has 0 radical (unpaired) electrons. The molecule has 0 fully saturated rings. The topological polar surface area (TPSA) is 78.5 Å². The summed E-state index contributed by atoms with van der Waals surface area (Å²) in [5.41, 5.74) is 1.02. The Hall–Kier alpha value is -1.81. The van der Waals surface area contributed by atoms with Crippen molar-refractivity contribution in [3.8, 4) is 0 Å². The normalized spacial score (nSPS) is 12.3. The monoisotopic (exact) mass is 353 g/mol. The Kier molecular flexibility index (Phi) is 6.00. The van der Waals surface area contributed by atoms with Gasteiger partial charge in [0.05, 0.1) is 11.4 Å². The van der Waals surface area contributed by atoms with Crippen LogP contribution < -0.4 is 10.6 Å². The standard InChI is InChI=1S/C13H18F3N3O3S/c1-9-4-5-10(23(21,22)19(2)3)6-11(9)17-7-12(20)18-8-13(14,15)16/h4-6,17H,7-8H2,1-3H3,(H,18,20). The van der Waals surface area contributed by atoms with E-state index in [9.17, 15) is 26.4 Å². The lowest BCUT2D eigenvalue weighted by Gasteiger charge is -2.15. The molecule has 2 N–H and O–H groups in total. The van der Waals surface area contributed by atoms with Crippen LogP contribution in [0.15, 0.2) is 23.1 Å². The predicted molar refractivity (Wildman–Crippen MR) is 79.6 cm³/mol. The van der Waals surface area contributed by atoms with Crippen molar-refractivity contribution in [3.05, 3.63) is 23.8 Å². The first kappa shape index (κ1) is 19.2. The van der Waals surface area contributed by atoms with Gasteiger partial charge in [-0.15, -0.1) is 0 Å². The summed E-state index contributed by atoms with van der Waals surface area (Å²) in [7, 11) is -0.877. The first-order valence-electron chi connectivity index (χ1n) is 6.54. The van der Waals surface area contributed by atoms with Gasteiger partial charge in [-0.3, -0.25) is 4.79 Å². The van der Waals surface area contributed by atoms with Gasteiger partial charge < -0.3 is 10.6 Å². The Morgan fingerprint density at radius 2 is 1.87 bits per heavy atom. The second kappa shape index (κ2) is 7.18. The van der Waals surface area contributed by atoms with Gasteiger partial charge in [-0.1, -0.05) is 6.07 Å². The molecule has 0 aromatic heterocycles. The predicted octanol–water partition coefficient (Wildman–Crippen LogP) is 1.34. The third-order valence-electron chi connectivity index (χ3n) is 2.91. The van der Waals surface area contributed by atoms with E-state index in [1.165, 1.54) is 26.2 Å². The van der Waals surface area contributed by atoms with E-state index in [0.717, 1.165) is 4.31 Å². The van der Waals surface area contributed by atoms with Gasteiger partial charge in [0.1, 0.15) is 6.54 Å². The van der Waals surface area contributed by atoms with Crippen LogP contribution in [0.4, 0.5) is 18.9 Å². The number of carbonyl (C=O) groups is 1. The van der Waals surface area contributed by atoms with Gasteiger partial charge in [0, 0.05) is 19.8 Å². The minimum atomic E-state index is -4.48. The highest BCUT2D eigenvalue weighted by molar-refractivity contribution is 7.89. The fraction of sp³-hybridized carbons (Fsp3) is 0.462. The summed E-state index contributed by atoms with van der Waals surface area (Å²) >= 11 is 0. The van der Waals surface area contributed by atoms with Gasteiger partial charge in [0.25, 0.3) is 0 Å². The van der Waals surface area contributed by atoms with Gasteiger partial charge in [-0.2, -0.15) is 13.2 Å². The van der Waals surface area contributed by atoms with Crippen LogP contribution in [0, 0.1) is 6.92 Å².